The van der Waals surface area contributed by atoms with E-state index < -0.39 is 12.3 Å². The van der Waals surface area contributed by atoms with Gasteiger partial charge in [-0.15, -0.1) is 0 Å². The molecule has 6 heteroatoms. The quantitative estimate of drug-likeness (QED) is 0.304. The van der Waals surface area contributed by atoms with Gasteiger partial charge >= 0.3 is 12.3 Å². The smallest absolute Gasteiger partial charge is 0.449 e. The summed E-state index contributed by atoms with van der Waals surface area (Å²) in [6, 6.07) is 0. The molecular formula is C2H2MnO5. The summed E-state index contributed by atoms with van der Waals surface area (Å²) >= 11 is 0. The van der Waals surface area contributed by atoms with Crippen molar-refractivity contribution in [3.8, 4) is 0 Å². The van der Waals surface area contributed by atoms with Crippen LogP contribution in [0.25, 0.3) is 0 Å². The largest absolute Gasteiger partial charge is 0.516 e. The molecule has 0 heterocycles. The minimum atomic E-state index is -1.81. The Labute approximate surface area is 54.7 Å². The van der Waals surface area contributed by atoms with Crippen LogP contribution in [0.2, 0.25) is 0 Å². The molecule has 8 heavy (non-hydrogen) atoms. The molecule has 0 rings (SSSR count). The molecule has 0 unspecified atom stereocenters. The van der Waals surface area contributed by atoms with Crippen LogP contribution in [0.3, 0.4) is 0 Å². The molecule has 0 aromatic heterocycles. The Morgan fingerprint density at radius 2 is 1.38 bits per heavy atom. The number of carboxylic acid groups (broad SMARTS) is 2. The average molecular weight is 161 g/mol. The maximum absolute atomic E-state index is 9.21. The number of hydrogen-bond donors (Lipinski definition) is 2. The SMILES string of the molecule is O=C(O)OC(=O)O.[Mn]. The molecule has 1 radical (unpaired) electrons. The molecular weight excluding hydrogens is 159 g/mol. The molecule has 2 N–H and O–H groups in total. The van der Waals surface area contributed by atoms with Crippen molar-refractivity contribution in [2.45, 2.75) is 0 Å². The fourth-order valence-electron chi connectivity index (χ4n) is 0.0747. The van der Waals surface area contributed by atoms with E-state index in [1.165, 1.54) is 0 Å². The standard InChI is InChI=1S/C2H2O5.Mn/c3-1(4)7-2(5)6;/h(H,3,4)(H,5,6);. The Bertz CT molecular complexity index is 86.6. The summed E-state index contributed by atoms with van der Waals surface area (Å²) < 4.78 is 3.08. The normalized spacial score (nSPS) is 6.50. The summed E-state index contributed by atoms with van der Waals surface area (Å²) in [4.78, 5) is 18.4. The number of rotatable bonds is 0. The van der Waals surface area contributed by atoms with Gasteiger partial charge in [-0.1, -0.05) is 0 Å². The minimum absolute atomic E-state index is 0. The minimum Gasteiger partial charge on any atom is -0.449 e. The molecule has 0 aliphatic rings. The fourth-order valence-corrected chi connectivity index (χ4v) is 0.0747. The van der Waals surface area contributed by atoms with Crippen molar-refractivity contribution < 1.29 is 41.6 Å². The Hall–Kier alpha value is -0.741. The van der Waals surface area contributed by atoms with Crippen LogP contribution < -0.4 is 0 Å². The van der Waals surface area contributed by atoms with Crippen LogP contribution in [-0.2, 0) is 21.8 Å². The van der Waals surface area contributed by atoms with Gasteiger partial charge in [0.2, 0.25) is 0 Å². The number of hydrogen-bond acceptors (Lipinski definition) is 3. The van der Waals surface area contributed by atoms with Crippen molar-refractivity contribution in [1.82, 2.24) is 0 Å². The van der Waals surface area contributed by atoms with E-state index in [9.17, 15) is 9.59 Å². The number of ether oxygens (including phenoxy) is 1. The first kappa shape index (κ1) is 10.3. The molecule has 0 atom stereocenters. The molecule has 0 aliphatic carbocycles. The molecule has 0 aliphatic heterocycles. The van der Waals surface area contributed by atoms with E-state index in [1.807, 2.05) is 0 Å². The summed E-state index contributed by atoms with van der Waals surface area (Å²) in [6.45, 7) is 0. The van der Waals surface area contributed by atoms with E-state index in [0.29, 0.717) is 0 Å². The van der Waals surface area contributed by atoms with E-state index in [2.05, 4.69) is 4.74 Å². The maximum atomic E-state index is 9.21. The van der Waals surface area contributed by atoms with Gasteiger partial charge in [-0.05, 0) is 0 Å². The zero-order valence-corrected chi connectivity index (χ0v) is 4.68. The predicted octanol–water partition coefficient (Wildman–Crippen LogP) is 0.356. The third-order valence-corrected chi connectivity index (χ3v) is 0.175. The zero-order valence-electron chi connectivity index (χ0n) is 3.50. The molecule has 0 fully saturated rings. The summed E-state index contributed by atoms with van der Waals surface area (Å²) in [7, 11) is 0. The predicted molar refractivity (Wildman–Crippen MR) is 17.1 cm³/mol. The van der Waals surface area contributed by atoms with Gasteiger partial charge < -0.3 is 14.9 Å². The second-order valence-corrected chi connectivity index (χ2v) is 0.634. The van der Waals surface area contributed by atoms with E-state index in [-0.39, 0.29) is 17.1 Å². The van der Waals surface area contributed by atoms with Crippen LogP contribution >= 0.6 is 0 Å². The van der Waals surface area contributed by atoms with Gasteiger partial charge in [0.15, 0.2) is 0 Å². The van der Waals surface area contributed by atoms with E-state index >= 15 is 0 Å². The molecule has 5 nitrogen and oxygen atoms in total. The maximum Gasteiger partial charge on any atom is 0.516 e. The van der Waals surface area contributed by atoms with Gasteiger partial charge in [-0.2, -0.15) is 0 Å². The summed E-state index contributed by atoms with van der Waals surface area (Å²) in [5.41, 5.74) is 0. The van der Waals surface area contributed by atoms with Gasteiger partial charge in [0, 0.05) is 17.1 Å². The number of carbonyl (C=O) groups is 2. The molecule has 0 bridgehead atoms. The van der Waals surface area contributed by atoms with Crippen LogP contribution in [0.1, 0.15) is 0 Å². The van der Waals surface area contributed by atoms with Gasteiger partial charge in [0.1, 0.15) is 0 Å². The van der Waals surface area contributed by atoms with Crippen molar-refractivity contribution in [2.24, 2.45) is 0 Å². The van der Waals surface area contributed by atoms with Crippen LogP contribution in [0.5, 0.6) is 0 Å². The summed E-state index contributed by atoms with van der Waals surface area (Å²) in [6.07, 6.45) is -3.62. The van der Waals surface area contributed by atoms with Gasteiger partial charge in [0.05, 0.1) is 0 Å². The van der Waals surface area contributed by atoms with Crippen LogP contribution in [-0.4, -0.2) is 22.5 Å². The van der Waals surface area contributed by atoms with Crippen molar-refractivity contribution in [3.05, 3.63) is 0 Å². The third kappa shape index (κ3) is 8.98. The first-order valence-corrected chi connectivity index (χ1v) is 1.26. The molecule has 0 amide bonds. The first-order chi connectivity index (χ1) is 3.13. The van der Waals surface area contributed by atoms with E-state index in [4.69, 9.17) is 10.2 Å². The fraction of sp³-hybridized carbons (Fsp3) is 0. The zero-order chi connectivity index (χ0) is 5.86. The molecule has 0 saturated heterocycles. The van der Waals surface area contributed by atoms with Gasteiger partial charge in [-0.3, -0.25) is 0 Å². The Morgan fingerprint density at radius 3 is 1.38 bits per heavy atom. The second-order valence-electron chi connectivity index (χ2n) is 0.634. The first-order valence-electron chi connectivity index (χ1n) is 1.26. The average Bonchev–Trinajstić information content (AvgIpc) is 1.27. The van der Waals surface area contributed by atoms with Gasteiger partial charge in [0.25, 0.3) is 0 Å². The molecule has 47 valence electrons. The van der Waals surface area contributed by atoms with Crippen LogP contribution in [0, 0.1) is 0 Å². The third-order valence-electron chi connectivity index (χ3n) is 0.175. The van der Waals surface area contributed by atoms with Crippen molar-refractivity contribution in [1.29, 1.82) is 0 Å². The van der Waals surface area contributed by atoms with Crippen molar-refractivity contribution in [3.63, 3.8) is 0 Å². The monoisotopic (exact) mass is 161 g/mol. The van der Waals surface area contributed by atoms with Gasteiger partial charge in [-0.25, -0.2) is 9.59 Å². The van der Waals surface area contributed by atoms with Crippen LogP contribution in [0.15, 0.2) is 0 Å². The van der Waals surface area contributed by atoms with E-state index in [0.717, 1.165) is 0 Å². The summed E-state index contributed by atoms with van der Waals surface area (Å²) in [5, 5.41) is 15.0. The molecule has 0 saturated carbocycles. The van der Waals surface area contributed by atoms with Crippen molar-refractivity contribution >= 4 is 12.3 Å². The summed E-state index contributed by atoms with van der Waals surface area (Å²) in [5.74, 6) is 0. The van der Waals surface area contributed by atoms with Crippen LogP contribution in [0.4, 0.5) is 9.59 Å². The van der Waals surface area contributed by atoms with Crippen molar-refractivity contribution in [2.75, 3.05) is 0 Å². The molecule has 0 spiro atoms. The van der Waals surface area contributed by atoms with E-state index in [1.54, 1.807) is 0 Å². The molecule has 0 aromatic carbocycles. The second kappa shape index (κ2) is 4.42. The Morgan fingerprint density at radius 1 is 1.12 bits per heavy atom. The molecule has 0 aromatic rings. The Balaban J connectivity index is 0. The topological polar surface area (TPSA) is 83.8 Å². The Kier molecular flexibility index (Phi) is 5.68.